The van der Waals surface area contributed by atoms with Gasteiger partial charge in [-0.1, -0.05) is 37.3 Å². The van der Waals surface area contributed by atoms with Gasteiger partial charge in [0.2, 0.25) is 0 Å². The maximum Gasteiger partial charge on any atom is 0.320 e. The van der Waals surface area contributed by atoms with Crippen LogP contribution in [0.5, 0.6) is 0 Å². The second kappa shape index (κ2) is 5.91. The lowest BCUT2D eigenvalue weighted by Gasteiger charge is -2.28. The number of aliphatic carboxylic acids is 1. The number of rotatable bonds is 6. The molecule has 0 heterocycles. The lowest BCUT2D eigenvalue weighted by molar-refractivity contribution is -0.144. The lowest BCUT2D eigenvalue weighted by atomic mass is 10.1. The fourth-order valence-electron chi connectivity index (χ4n) is 1.87. The fourth-order valence-corrected chi connectivity index (χ4v) is 1.87. The van der Waals surface area contributed by atoms with Gasteiger partial charge in [-0.3, -0.25) is 9.69 Å². The van der Waals surface area contributed by atoms with Crippen molar-refractivity contribution in [3.8, 4) is 0 Å². The molecule has 1 N–H and O–H groups in total. The molecule has 0 bridgehead atoms. The SMILES string of the molecule is CCC(C(=O)O)N(C)CC(F)(F)c1ccccc1. The predicted molar refractivity (Wildman–Crippen MR) is 64.7 cm³/mol. The van der Waals surface area contributed by atoms with Crippen molar-refractivity contribution < 1.29 is 18.7 Å². The zero-order valence-electron chi connectivity index (χ0n) is 10.4. The van der Waals surface area contributed by atoms with Crippen molar-refractivity contribution in [3.05, 3.63) is 35.9 Å². The van der Waals surface area contributed by atoms with Gasteiger partial charge in [0.15, 0.2) is 0 Å². The Labute approximate surface area is 105 Å². The normalized spacial score (nSPS) is 13.6. The molecule has 1 rings (SSSR count). The van der Waals surface area contributed by atoms with Gasteiger partial charge in [0.25, 0.3) is 5.92 Å². The van der Waals surface area contributed by atoms with Crippen LogP contribution in [0, 0.1) is 0 Å². The van der Waals surface area contributed by atoms with Gasteiger partial charge in [-0.15, -0.1) is 0 Å². The first-order valence-electron chi connectivity index (χ1n) is 5.75. The lowest BCUT2D eigenvalue weighted by Crippen LogP contribution is -2.43. The molecule has 1 aromatic rings. The summed E-state index contributed by atoms with van der Waals surface area (Å²) < 4.78 is 27.9. The molecule has 100 valence electrons. The molecule has 0 aromatic heterocycles. The Bertz CT molecular complexity index is 395. The topological polar surface area (TPSA) is 40.5 Å². The van der Waals surface area contributed by atoms with Crippen LogP contribution in [-0.2, 0) is 10.7 Å². The molecule has 1 unspecified atom stereocenters. The minimum absolute atomic E-state index is 0.0999. The van der Waals surface area contributed by atoms with Crippen LogP contribution in [0.4, 0.5) is 8.78 Å². The van der Waals surface area contributed by atoms with Crippen LogP contribution in [-0.4, -0.2) is 35.6 Å². The van der Waals surface area contributed by atoms with E-state index in [1.807, 2.05) is 0 Å². The highest BCUT2D eigenvalue weighted by Gasteiger charge is 2.35. The number of benzene rings is 1. The van der Waals surface area contributed by atoms with E-state index in [1.54, 1.807) is 13.0 Å². The second-order valence-electron chi connectivity index (χ2n) is 4.25. The van der Waals surface area contributed by atoms with Crippen LogP contribution in [0.1, 0.15) is 18.9 Å². The highest BCUT2D eigenvalue weighted by Crippen LogP contribution is 2.29. The molecule has 1 aromatic carbocycles. The number of nitrogens with zero attached hydrogens (tertiary/aromatic N) is 1. The van der Waals surface area contributed by atoms with Crippen molar-refractivity contribution in [1.82, 2.24) is 4.90 Å². The first-order chi connectivity index (χ1) is 8.38. The standard InChI is InChI=1S/C13H17F2NO2/c1-3-11(12(17)18)16(2)9-13(14,15)10-7-5-4-6-8-10/h4-8,11H,3,9H2,1-2H3,(H,17,18). The molecule has 0 saturated carbocycles. The highest BCUT2D eigenvalue weighted by atomic mass is 19.3. The van der Waals surface area contributed by atoms with E-state index in [1.165, 1.54) is 36.2 Å². The van der Waals surface area contributed by atoms with E-state index in [-0.39, 0.29) is 12.0 Å². The number of alkyl halides is 2. The third-order valence-corrected chi connectivity index (χ3v) is 2.85. The van der Waals surface area contributed by atoms with Gasteiger partial charge in [-0.05, 0) is 13.5 Å². The number of carboxylic acids is 1. The average Bonchev–Trinajstić information content (AvgIpc) is 2.29. The van der Waals surface area contributed by atoms with Crippen molar-refractivity contribution in [2.45, 2.75) is 25.3 Å². The minimum atomic E-state index is -3.06. The van der Waals surface area contributed by atoms with Crippen LogP contribution in [0.2, 0.25) is 0 Å². The van der Waals surface area contributed by atoms with Crippen LogP contribution in [0.3, 0.4) is 0 Å². The van der Waals surface area contributed by atoms with Crippen molar-refractivity contribution in [3.63, 3.8) is 0 Å². The molecule has 0 aliphatic rings. The van der Waals surface area contributed by atoms with Crippen molar-refractivity contribution >= 4 is 5.97 Å². The summed E-state index contributed by atoms with van der Waals surface area (Å²) in [5.74, 6) is -4.14. The van der Waals surface area contributed by atoms with Gasteiger partial charge in [0.05, 0.1) is 6.54 Å². The first-order valence-corrected chi connectivity index (χ1v) is 5.75. The molecular weight excluding hydrogens is 240 g/mol. The zero-order chi connectivity index (χ0) is 13.8. The summed E-state index contributed by atoms with van der Waals surface area (Å²) in [6.07, 6.45) is 0.288. The van der Waals surface area contributed by atoms with E-state index in [0.717, 1.165) is 0 Å². The van der Waals surface area contributed by atoms with E-state index in [9.17, 15) is 13.6 Å². The van der Waals surface area contributed by atoms with Crippen LogP contribution >= 0.6 is 0 Å². The van der Waals surface area contributed by atoms with Crippen molar-refractivity contribution in [2.24, 2.45) is 0 Å². The van der Waals surface area contributed by atoms with Gasteiger partial charge < -0.3 is 5.11 Å². The summed E-state index contributed by atoms with van der Waals surface area (Å²) in [6.45, 7) is 1.05. The number of hydrogen-bond acceptors (Lipinski definition) is 2. The summed E-state index contributed by atoms with van der Waals surface area (Å²) in [4.78, 5) is 12.1. The van der Waals surface area contributed by atoms with Gasteiger partial charge >= 0.3 is 5.97 Å². The molecule has 0 spiro atoms. The van der Waals surface area contributed by atoms with Crippen molar-refractivity contribution in [2.75, 3.05) is 13.6 Å². The molecular formula is C13H17F2NO2. The van der Waals surface area contributed by atoms with Crippen molar-refractivity contribution in [1.29, 1.82) is 0 Å². The zero-order valence-corrected chi connectivity index (χ0v) is 10.4. The third-order valence-electron chi connectivity index (χ3n) is 2.85. The molecule has 18 heavy (non-hydrogen) atoms. The summed E-state index contributed by atoms with van der Waals surface area (Å²) in [6, 6.07) is 6.54. The Kier molecular flexibility index (Phi) is 4.78. The molecule has 5 heteroatoms. The number of likely N-dealkylation sites (N-methyl/N-ethyl adjacent to an activating group) is 1. The van der Waals surface area contributed by atoms with Gasteiger partial charge in [-0.25, -0.2) is 0 Å². The molecule has 0 saturated heterocycles. The Morgan fingerprint density at radius 3 is 2.39 bits per heavy atom. The Balaban J connectivity index is 2.80. The van der Waals surface area contributed by atoms with Gasteiger partial charge in [0.1, 0.15) is 6.04 Å². The predicted octanol–water partition coefficient (Wildman–Crippen LogP) is 2.57. The smallest absolute Gasteiger partial charge is 0.320 e. The Morgan fingerprint density at radius 1 is 1.39 bits per heavy atom. The summed E-state index contributed by atoms with van der Waals surface area (Å²) >= 11 is 0. The second-order valence-corrected chi connectivity index (χ2v) is 4.25. The first kappa shape index (κ1) is 14.6. The maximum atomic E-state index is 13.9. The average molecular weight is 257 g/mol. The monoisotopic (exact) mass is 257 g/mol. The van der Waals surface area contributed by atoms with E-state index in [4.69, 9.17) is 5.11 Å². The Morgan fingerprint density at radius 2 is 1.94 bits per heavy atom. The van der Waals surface area contributed by atoms with Crippen LogP contribution in [0.25, 0.3) is 0 Å². The Hall–Kier alpha value is -1.49. The highest BCUT2D eigenvalue weighted by molar-refractivity contribution is 5.73. The largest absolute Gasteiger partial charge is 0.480 e. The quantitative estimate of drug-likeness (QED) is 0.851. The number of hydrogen-bond donors (Lipinski definition) is 1. The van der Waals surface area contributed by atoms with E-state index in [2.05, 4.69) is 0 Å². The molecule has 0 aliphatic carbocycles. The van der Waals surface area contributed by atoms with E-state index >= 15 is 0 Å². The number of carboxylic acid groups (broad SMARTS) is 1. The molecule has 0 radical (unpaired) electrons. The summed E-state index contributed by atoms with van der Waals surface area (Å²) in [5, 5.41) is 8.92. The summed E-state index contributed by atoms with van der Waals surface area (Å²) in [7, 11) is 1.40. The number of carbonyl (C=O) groups is 1. The summed E-state index contributed by atoms with van der Waals surface area (Å²) in [5.41, 5.74) is -0.0999. The molecule has 1 atom stereocenters. The maximum absolute atomic E-state index is 13.9. The van der Waals surface area contributed by atoms with E-state index in [0.29, 0.717) is 0 Å². The van der Waals surface area contributed by atoms with Crippen LogP contribution < -0.4 is 0 Å². The molecule has 3 nitrogen and oxygen atoms in total. The number of halogens is 2. The third kappa shape index (κ3) is 3.50. The van der Waals surface area contributed by atoms with Gasteiger partial charge in [0, 0.05) is 5.56 Å². The van der Waals surface area contributed by atoms with E-state index < -0.39 is 24.5 Å². The van der Waals surface area contributed by atoms with Gasteiger partial charge in [-0.2, -0.15) is 8.78 Å². The van der Waals surface area contributed by atoms with Crippen LogP contribution in [0.15, 0.2) is 30.3 Å². The molecule has 0 amide bonds. The minimum Gasteiger partial charge on any atom is -0.480 e. The molecule has 0 fully saturated rings. The fraction of sp³-hybridized carbons (Fsp3) is 0.462. The molecule has 0 aliphatic heterocycles.